The van der Waals surface area contributed by atoms with E-state index in [0.29, 0.717) is 0 Å². The number of nitrogens with two attached hydrogens (primary N) is 2. The van der Waals surface area contributed by atoms with Crippen LogP contribution in [0.25, 0.3) is 0 Å². The van der Waals surface area contributed by atoms with E-state index in [9.17, 15) is 0 Å². The van der Waals surface area contributed by atoms with Gasteiger partial charge in [0, 0.05) is 0 Å². The molecule has 6 heavy (non-hydrogen) atoms. The maximum absolute atomic E-state index is 4.54. The lowest BCUT2D eigenvalue weighted by Gasteiger charge is -1.82. The molecule has 0 saturated carbocycles. The summed E-state index contributed by atoms with van der Waals surface area (Å²) in [6, 6.07) is 0. The summed E-state index contributed by atoms with van der Waals surface area (Å²) in [5, 5.41) is 0. The molecule has 10 N–H and O–H groups in total. The largest absolute Gasteiger partial charge is 0.412 e. The van der Waals surface area contributed by atoms with Crippen LogP contribution in [-0.2, 0) is 0 Å². The Bertz CT molecular complexity index is 7.51. The molecule has 0 bridgehead atoms. The molecule has 0 atom stereocenters. The van der Waals surface area contributed by atoms with Crippen LogP contribution < -0.4 is 22.8 Å². The minimum absolute atomic E-state index is 0. The fourth-order valence-electron chi connectivity index (χ4n) is 0. The third-order valence-corrected chi connectivity index (χ3v) is 0.0833. The Morgan fingerprint density at radius 3 is 1.00 bits per heavy atom. The number of hydrogen-bond donors (Lipinski definition) is 4. The second-order valence-electron chi connectivity index (χ2n) is 0.289. The summed E-state index contributed by atoms with van der Waals surface area (Å²) in [5.74, 6) is 9.08. The van der Waals surface area contributed by atoms with Gasteiger partial charge < -0.3 is 11.0 Å². The first kappa shape index (κ1) is 17.1. The number of nitrogens with one attached hydrogen (secondary N) is 2. The zero-order chi connectivity index (χ0) is 3.41. The van der Waals surface area contributed by atoms with Crippen LogP contribution >= 0.6 is 0 Å². The van der Waals surface area contributed by atoms with Gasteiger partial charge in [-0.2, -0.15) is 11.1 Å². The molecule has 0 radical (unpaired) electrons. The zero-order valence-electron chi connectivity index (χ0n) is 3.15. The summed E-state index contributed by atoms with van der Waals surface area (Å²) < 4.78 is 0. The van der Waals surface area contributed by atoms with Gasteiger partial charge >= 0.3 is 0 Å². The van der Waals surface area contributed by atoms with Gasteiger partial charge in [-0.1, -0.05) is 0 Å². The first-order chi connectivity index (χ1) is 1.91. The maximum Gasteiger partial charge on any atom is -0.183 e. The average Bonchev–Trinajstić information content (AvgIpc) is 1.37. The van der Waals surface area contributed by atoms with E-state index < -0.39 is 0 Å². The van der Waals surface area contributed by atoms with Crippen molar-refractivity contribution in [3.05, 3.63) is 0 Å². The molecule has 0 rings (SSSR count). The van der Waals surface area contributed by atoms with Crippen molar-refractivity contribution < 1.29 is 11.0 Å². The second kappa shape index (κ2) is 21.7. The third kappa shape index (κ3) is 49.6. The van der Waals surface area contributed by atoms with E-state index in [1.807, 2.05) is 11.1 Å². The van der Waals surface area contributed by atoms with Crippen LogP contribution in [0.3, 0.4) is 0 Å². The lowest BCUT2D eigenvalue weighted by molar-refractivity contribution is 0.579. The third-order valence-electron chi connectivity index (χ3n) is 0.0833. The van der Waals surface area contributed by atoms with E-state index >= 15 is 0 Å². The lowest BCUT2D eigenvalue weighted by atomic mass is 12.4. The molecule has 0 saturated heterocycles. The van der Waals surface area contributed by atoms with Crippen LogP contribution in [0.1, 0.15) is 0 Å². The highest BCUT2D eigenvalue weighted by molar-refractivity contribution is 3.82. The number of hydrogen-bond acceptors (Lipinski definition) is 4. The number of rotatable bonds is 1. The quantitative estimate of drug-likeness (QED) is 0.197. The Morgan fingerprint density at radius 1 is 0.833 bits per heavy atom. The lowest BCUT2D eigenvalue weighted by Crippen LogP contribution is -2.42. The van der Waals surface area contributed by atoms with E-state index in [4.69, 9.17) is 0 Å². The van der Waals surface area contributed by atoms with Gasteiger partial charge in [0.1, 0.15) is 0 Å². The molecule has 0 aliphatic rings. The van der Waals surface area contributed by atoms with Gasteiger partial charge in [0.05, 0.1) is 0 Å². The predicted molar refractivity (Wildman–Crippen MR) is 21.9 cm³/mol. The molecule has 42 valence electrons. The standard InChI is InChI=1S/H6N4.2H2O/c1-3-4-2;;/h3-4H,1-2H2;2*1H2. The summed E-state index contributed by atoms with van der Waals surface area (Å²) in [6.07, 6.45) is 0. The van der Waals surface area contributed by atoms with E-state index in [0.717, 1.165) is 0 Å². The summed E-state index contributed by atoms with van der Waals surface area (Å²) in [4.78, 5) is 0. The van der Waals surface area contributed by atoms with Crippen molar-refractivity contribution >= 4 is 0 Å². The highest BCUT2D eigenvalue weighted by atomic mass is 16.0. The fraction of sp³-hybridized carbons (Fsp3) is 0. The molecular formula is H10N4O2. The molecule has 0 spiro atoms. The maximum atomic E-state index is 4.54. The highest BCUT2D eigenvalue weighted by Gasteiger charge is 1.42. The Kier molecular flexibility index (Phi) is 62.0. The van der Waals surface area contributed by atoms with Crippen LogP contribution in [0.2, 0.25) is 0 Å². The zero-order valence-corrected chi connectivity index (χ0v) is 3.15. The highest BCUT2D eigenvalue weighted by Crippen LogP contribution is 0.832. The molecule has 0 amide bonds. The first-order valence-electron chi connectivity index (χ1n) is 0.827. The molecule has 0 heterocycles. The SMILES string of the molecule is NNNN.O.O. The Hall–Kier alpha value is -0.240. The van der Waals surface area contributed by atoms with E-state index in [-0.39, 0.29) is 11.0 Å². The van der Waals surface area contributed by atoms with Gasteiger partial charge in [-0.05, 0) is 0 Å². The van der Waals surface area contributed by atoms with Crippen molar-refractivity contribution in [1.29, 1.82) is 0 Å². The van der Waals surface area contributed by atoms with Crippen LogP contribution in [0.4, 0.5) is 0 Å². The van der Waals surface area contributed by atoms with Gasteiger partial charge in [0.25, 0.3) is 0 Å². The van der Waals surface area contributed by atoms with E-state index in [1.54, 1.807) is 0 Å². The topological polar surface area (TPSA) is 139 Å². The van der Waals surface area contributed by atoms with Crippen molar-refractivity contribution in [3.8, 4) is 0 Å². The van der Waals surface area contributed by atoms with Gasteiger partial charge in [0.2, 0.25) is 0 Å². The molecule has 0 aromatic rings. The molecule has 6 heteroatoms. The van der Waals surface area contributed by atoms with Crippen LogP contribution in [-0.4, -0.2) is 11.0 Å². The summed E-state index contributed by atoms with van der Waals surface area (Å²) in [7, 11) is 0. The van der Waals surface area contributed by atoms with Crippen molar-refractivity contribution in [2.45, 2.75) is 0 Å². The van der Waals surface area contributed by atoms with E-state index in [1.165, 1.54) is 0 Å². The first-order valence-corrected chi connectivity index (χ1v) is 0.827. The van der Waals surface area contributed by atoms with Crippen LogP contribution in [0.15, 0.2) is 0 Å². The molecule has 6 nitrogen and oxygen atoms in total. The molecule has 0 aromatic heterocycles. The Balaban J connectivity index is -0.0000000450. The van der Waals surface area contributed by atoms with E-state index in [2.05, 4.69) is 11.7 Å². The minimum Gasteiger partial charge on any atom is -0.412 e. The summed E-state index contributed by atoms with van der Waals surface area (Å²) in [5.41, 5.74) is 3.92. The van der Waals surface area contributed by atoms with Crippen molar-refractivity contribution in [3.63, 3.8) is 0 Å². The predicted octanol–water partition coefficient (Wildman–Crippen LogP) is -3.82. The molecule has 0 aliphatic carbocycles. The summed E-state index contributed by atoms with van der Waals surface area (Å²) >= 11 is 0. The van der Waals surface area contributed by atoms with Crippen molar-refractivity contribution in [2.24, 2.45) is 11.7 Å². The molecule has 0 aliphatic heterocycles. The molecule has 0 fully saturated rings. The van der Waals surface area contributed by atoms with Crippen molar-refractivity contribution in [1.82, 2.24) is 11.1 Å². The van der Waals surface area contributed by atoms with Gasteiger partial charge in [-0.3, -0.25) is 11.7 Å². The Morgan fingerprint density at radius 2 is 1.00 bits per heavy atom. The smallest absolute Gasteiger partial charge is 0.183 e. The normalized spacial score (nSPS) is 5.00. The monoisotopic (exact) mass is 98.1 g/mol. The second-order valence-corrected chi connectivity index (χ2v) is 0.289. The minimum atomic E-state index is 0. The van der Waals surface area contributed by atoms with Crippen LogP contribution in [0, 0.1) is 0 Å². The Labute approximate surface area is 35.0 Å². The van der Waals surface area contributed by atoms with Gasteiger partial charge in [-0.25, -0.2) is 0 Å². The van der Waals surface area contributed by atoms with Crippen molar-refractivity contribution in [2.75, 3.05) is 0 Å². The fourth-order valence-corrected chi connectivity index (χ4v) is 0. The van der Waals surface area contributed by atoms with Crippen LogP contribution in [0.5, 0.6) is 0 Å². The average molecular weight is 98.1 g/mol. The molecule has 0 unspecified atom stereocenters. The number of hydrazine groups is 3. The molecular weight excluding hydrogens is 88.0 g/mol. The molecule has 0 aromatic carbocycles. The summed E-state index contributed by atoms with van der Waals surface area (Å²) in [6.45, 7) is 0. The van der Waals surface area contributed by atoms with Gasteiger partial charge in [-0.15, -0.1) is 0 Å². The van der Waals surface area contributed by atoms with Gasteiger partial charge in [0.15, 0.2) is 0 Å².